The van der Waals surface area contributed by atoms with Crippen molar-refractivity contribution >= 4 is 18.0 Å². The average Bonchev–Trinajstić information content (AvgIpc) is 3.05. The Balaban J connectivity index is 1.42. The highest BCUT2D eigenvalue weighted by Gasteiger charge is 2.34. The number of carboxylic acid groups (broad SMARTS) is 1. The van der Waals surface area contributed by atoms with E-state index in [-0.39, 0.29) is 38.1 Å². The number of carboxylic acids is 1. The van der Waals surface area contributed by atoms with Gasteiger partial charge in [-0.15, -0.1) is 0 Å². The van der Waals surface area contributed by atoms with Gasteiger partial charge in [0.25, 0.3) is 0 Å². The number of carbonyl (C=O) groups excluding carboxylic acids is 2. The number of hydrogen-bond donors (Lipinski definition) is 1. The van der Waals surface area contributed by atoms with Crippen molar-refractivity contribution < 1.29 is 24.2 Å². The van der Waals surface area contributed by atoms with Gasteiger partial charge in [-0.25, -0.2) is 9.59 Å². The lowest BCUT2D eigenvalue weighted by atomic mass is 9.98. The first-order chi connectivity index (χ1) is 14.0. The summed E-state index contributed by atoms with van der Waals surface area (Å²) in [6, 6.07) is 15.2. The Hall–Kier alpha value is -3.35. The van der Waals surface area contributed by atoms with E-state index in [0.717, 1.165) is 22.3 Å². The monoisotopic (exact) mass is 394 g/mol. The zero-order chi connectivity index (χ0) is 20.5. The SMILES string of the molecule is CC(C(=O)O)N1CCN(C(=O)OCC2c3ccccc3-c3ccccc32)CC1=O. The molecule has 1 fully saturated rings. The van der Waals surface area contributed by atoms with Crippen LogP contribution in [0.25, 0.3) is 11.1 Å². The van der Waals surface area contributed by atoms with Crippen LogP contribution >= 0.6 is 0 Å². The van der Waals surface area contributed by atoms with Gasteiger partial charge in [-0.05, 0) is 29.2 Å². The predicted octanol–water partition coefficient (Wildman–Crippen LogP) is 2.55. The molecule has 1 heterocycles. The normalized spacial score (nSPS) is 16.9. The molecule has 0 radical (unpaired) electrons. The quantitative estimate of drug-likeness (QED) is 0.861. The first-order valence-electron chi connectivity index (χ1n) is 9.59. The van der Waals surface area contributed by atoms with Crippen LogP contribution in [0.4, 0.5) is 4.79 Å². The molecule has 7 nitrogen and oxygen atoms in total. The number of carbonyl (C=O) groups is 3. The lowest BCUT2D eigenvalue weighted by Crippen LogP contribution is -2.56. The van der Waals surface area contributed by atoms with Crippen molar-refractivity contribution in [3.05, 3.63) is 59.7 Å². The summed E-state index contributed by atoms with van der Waals surface area (Å²) >= 11 is 0. The summed E-state index contributed by atoms with van der Waals surface area (Å²) < 4.78 is 5.57. The molecule has 2 aromatic rings. The molecule has 1 N–H and O–H groups in total. The van der Waals surface area contributed by atoms with Crippen molar-refractivity contribution in [1.29, 1.82) is 0 Å². The summed E-state index contributed by atoms with van der Waals surface area (Å²) in [6.45, 7) is 1.90. The van der Waals surface area contributed by atoms with E-state index < -0.39 is 18.1 Å². The van der Waals surface area contributed by atoms with Crippen LogP contribution in [-0.2, 0) is 14.3 Å². The van der Waals surface area contributed by atoms with Crippen LogP contribution < -0.4 is 0 Å². The van der Waals surface area contributed by atoms with Crippen LogP contribution in [-0.4, -0.2) is 65.2 Å². The number of piperazine rings is 1. The Kier molecular flexibility index (Phi) is 4.96. The molecular weight excluding hydrogens is 372 g/mol. The molecule has 1 unspecified atom stereocenters. The predicted molar refractivity (Wildman–Crippen MR) is 105 cm³/mol. The van der Waals surface area contributed by atoms with Gasteiger partial charge in [-0.1, -0.05) is 48.5 Å². The van der Waals surface area contributed by atoms with E-state index in [9.17, 15) is 14.4 Å². The number of rotatable bonds is 4. The lowest BCUT2D eigenvalue weighted by Gasteiger charge is -2.35. The fourth-order valence-electron chi connectivity index (χ4n) is 4.07. The second kappa shape index (κ2) is 7.58. The molecule has 0 spiro atoms. The number of nitrogens with zero attached hydrogens (tertiary/aromatic N) is 2. The zero-order valence-corrected chi connectivity index (χ0v) is 16.1. The molecule has 7 heteroatoms. The second-order valence-corrected chi connectivity index (χ2v) is 7.33. The maximum atomic E-state index is 12.6. The van der Waals surface area contributed by atoms with Crippen molar-refractivity contribution in [3.63, 3.8) is 0 Å². The Bertz CT molecular complexity index is 928. The minimum absolute atomic E-state index is 0.0460. The van der Waals surface area contributed by atoms with E-state index in [1.807, 2.05) is 36.4 Å². The van der Waals surface area contributed by atoms with Crippen LogP contribution in [0.5, 0.6) is 0 Å². The number of amides is 2. The summed E-state index contributed by atoms with van der Waals surface area (Å²) in [5.74, 6) is -1.50. The lowest BCUT2D eigenvalue weighted by molar-refractivity contribution is -0.151. The van der Waals surface area contributed by atoms with Crippen molar-refractivity contribution in [2.75, 3.05) is 26.2 Å². The maximum absolute atomic E-state index is 12.6. The number of hydrogen-bond acceptors (Lipinski definition) is 4. The van der Waals surface area contributed by atoms with E-state index in [0.29, 0.717) is 0 Å². The van der Waals surface area contributed by atoms with Gasteiger partial charge < -0.3 is 14.7 Å². The molecule has 0 saturated carbocycles. The maximum Gasteiger partial charge on any atom is 0.410 e. The molecule has 1 aliphatic heterocycles. The Labute approximate surface area is 168 Å². The Morgan fingerprint density at radius 3 is 2.21 bits per heavy atom. The topological polar surface area (TPSA) is 87.2 Å². The fourth-order valence-corrected chi connectivity index (χ4v) is 4.07. The number of fused-ring (bicyclic) bond motifs is 3. The van der Waals surface area contributed by atoms with Gasteiger partial charge >= 0.3 is 12.1 Å². The first-order valence-corrected chi connectivity index (χ1v) is 9.59. The van der Waals surface area contributed by atoms with Crippen LogP contribution in [0.15, 0.2) is 48.5 Å². The van der Waals surface area contributed by atoms with Gasteiger partial charge in [-0.3, -0.25) is 9.69 Å². The Morgan fingerprint density at radius 1 is 1.07 bits per heavy atom. The largest absolute Gasteiger partial charge is 0.480 e. The van der Waals surface area contributed by atoms with E-state index in [2.05, 4.69) is 12.1 Å². The number of aliphatic carboxylic acids is 1. The van der Waals surface area contributed by atoms with Crippen LogP contribution in [0.2, 0.25) is 0 Å². The molecule has 4 rings (SSSR count). The van der Waals surface area contributed by atoms with Crippen LogP contribution in [0.3, 0.4) is 0 Å². The summed E-state index contributed by atoms with van der Waals surface area (Å²) in [7, 11) is 0. The van der Waals surface area contributed by atoms with Crippen LogP contribution in [0, 0.1) is 0 Å². The number of benzene rings is 2. The molecule has 1 atom stereocenters. The summed E-state index contributed by atoms with van der Waals surface area (Å²) in [4.78, 5) is 38.5. The molecule has 1 aliphatic carbocycles. The van der Waals surface area contributed by atoms with E-state index in [1.54, 1.807) is 0 Å². The first kappa shape index (κ1) is 19.0. The van der Waals surface area contributed by atoms with E-state index in [4.69, 9.17) is 9.84 Å². The molecule has 0 aromatic heterocycles. The highest BCUT2D eigenvalue weighted by atomic mass is 16.6. The van der Waals surface area contributed by atoms with Crippen molar-refractivity contribution in [2.24, 2.45) is 0 Å². The average molecular weight is 394 g/mol. The highest BCUT2D eigenvalue weighted by molar-refractivity contribution is 5.87. The van der Waals surface area contributed by atoms with Gasteiger partial charge in [-0.2, -0.15) is 0 Å². The highest BCUT2D eigenvalue weighted by Crippen LogP contribution is 2.44. The minimum Gasteiger partial charge on any atom is -0.480 e. The van der Waals surface area contributed by atoms with Gasteiger partial charge in [0.15, 0.2) is 0 Å². The van der Waals surface area contributed by atoms with E-state index >= 15 is 0 Å². The number of ether oxygens (including phenoxy) is 1. The molecule has 29 heavy (non-hydrogen) atoms. The smallest absolute Gasteiger partial charge is 0.410 e. The van der Waals surface area contributed by atoms with Gasteiger partial charge in [0.2, 0.25) is 5.91 Å². The molecular formula is C22H22N2O5. The zero-order valence-electron chi connectivity index (χ0n) is 16.1. The molecule has 2 aliphatic rings. The third-order valence-electron chi connectivity index (χ3n) is 5.68. The van der Waals surface area contributed by atoms with Gasteiger partial charge in [0.05, 0.1) is 0 Å². The van der Waals surface area contributed by atoms with E-state index in [1.165, 1.54) is 16.7 Å². The third kappa shape index (κ3) is 3.44. The molecule has 2 amide bonds. The van der Waals surface area contributed by atoms with Crippen molar-refractivity contribution in [1.82, 2.24) is 9.80 Å². The van der Waals surface area contributed by atoms with Crippen molar-refractivity contribution in [2.45, 2.75) is 18.9 Å². The summed E-state index contributed by atoms with van der Waals surface area (Å²) in [5.41, 5.74) is 4.54. The van der Waals surface area contributed by atoms with Crippen LogP contribution in [0.1, 0.15) is 24.0 Å². The van der Waals surface area contributed by atoms with Crippen molar-refractivity contribution in [3.8, 4) is 11.1 Å². The fraction of sp³-hybridized carbons (Fsp3) is 0.318. The molecule has 1 saturated heterocycles. The van der Waals surface area contributed by atoms with Gasteiger partial charge in [0, 0.05) is 19.0 Å². The standard InChI is InChI=1S/C22H22N2O5/c1-14(21(26)27)24-11-10-23(12-20(24)25)22(28)29-13-19-17-8-4-2-6-15(17)16-7-3-5-9-18(16)19/h2-9,14,19H,10-13H2,1H3,(H,26,27). The molecule has 2 aromatic carbocycles. The third-order valence-corrected chi connectivity index (χ3v) is 5.68. The molecule has 150 valence electrons. The Morgan fingerprint density at radius 2 is 1.66 bits per heavy atom. The molecule has 0 bridgehead atoms. The minimum atomic E-state index is -1.06. The second-order valence-electron chi connectivity index (χ2n) is 7.33. The summed E-state index contributed by atoms with van der Waals surface area (Å²) in [6.07, 6.45) is -0.553. The van der Waals surface area contributed by atoms with Gasteiger partial charge in [0.1, 0.15) is 19.2 Å². The summed E-state index contributed by atoms with van der Waals surface area (Å²) in [5, 5.41) is 9.09.